The van der Waals surface area contributed by atoms with Crippen LogP contribution < -0.4 is 0 Å². The minimum atomic E-state index is -0.838. The van der Waals surface area contributed by atoms with Crippen molar-refractivity contribution in [1.82, 2.24) is 0 Å². The molecule has 0 fully saturated rings. The van der Waals surface area contributed by atoms with Gasteiger partial charge in [0.1, 0.15) is 13.2 Å². The monoisotopic (exact) mass is 923 g/mol. The molecular weight excluding hydrogens is 829 g/mol. The fourth-order valence-electron chi connectivity index (χ4n) is 6.50. The van der Waals surface area contributed by atoms with E-state index in [4.69, 9.17) is 14.2 Å². The van der Waals surface area contributed by atoms with Crippen molar-refractivity contribution in [1.29, 1.82) is 0 Å². The van der Waals surface area contributed by atoms with Crippen LogP contribution in [0.25, 0.3) is 0 Å². The molecule has 1 unspecified atom stereocenters. The Bertz CT molecular complexity index is 1530. The normalized spacial score (nSPS) is 13.3. The van der Waals surface area contributed by atoms with Gasteiger partial charge in [-0.2, -0.15) is 0 Å². The molecule has 0 saturated carbocycles. The number of carbonyl (C=O) groups is 3. The van der Waals surface area contributed by atoms with E-state index in [-0.39, 0.29) is 50.4 Å². The second-order valence-corrected chi connectivity index (χ2v) is 16.6. The van der Waals surface area contributed by atoms with E-state index in [9.17, 15) is 14.4 Å². The highest BCUT2D eigenvalue weighted by atomic mass is 16.6. The predicted octanol–water partition coefficient (Wildman–Crippen LogP) is 17.6. The first kappa shape index (κ1) is 62.3. The first-order chi connectivity index (χ1) is 33.0. The molecule has 0 saturated heterocycles. The second kappa shape index (κ2) is 53.9. The van der Waals surface area contributed by atoms with Crippen LogP contribution in [0.5, 0.6) is 0 Å². The van der Waals surface area contributed by atoms with Crippen LogP contribution in [0.4, 0.5) is 0 Å². The smallest absolute Gasteiger partial charge is 0.306 e. The van der Waals surface area contributed by atoms with Gasteiger partial charge in [0.25, 0.3) is 0 Å². The average Bonchev–Trinajstić information content (AvgIpc) is 3.33. The lowest BCUT2D eigenvalue weighted by molar-refractivity contribution is -0.166. The van der Waals surface area contributed by atoms with Gasteiger partial charge in [-0.05, 0) is 116 Å². The van der Waals surface area contributed by atoms with Gasteiger partial charge in [-0.15, -0.1) is 0 Å². The quantitative estimate of drug-likeness (QED) is 0.0262. The van der Waals surface area contributed by atoms with Gasteiger partial charge in [0.15, 0.2) is 6.10 Å². The molecule has 0 aliphatic heterocycles. The summed E-state index contributed by atoms with van der Waals surface area (Å²) in [5.74, 6) is -1.09. The van der Waals surface area contributed by atoms with E-state index >= 15 is 0 Å². The molecule has 1 atom stereocenters. The summed E-state index contributed by atoms with van der Waals surface area (Å²) in [7, 11) is 0. The number of hydrogen-bond acceptors (Lipinski definition) is 6. The molecule has 0 aromatic rings. The number of ether oxygens (including phenoxy) is 3. The molecule has 0 amide bonds. The predicted molar refractivity (Wildman–Crippen MR) is 288 cm³/mol. The Balaban J connectivity index is 4.54. The molecule has 374 valence electrons. The Morgan fingerprint density at radius 1 is 0.299 bits per heavy atom. The van der Waals surface area contributed by atoms with Gasteiger partial charge in [0, 0.05) is 19.3 Å². The van der Waals surface area contributed by atoms with Crippen LogP contribution >= 0.6 is 0 Å². The summed E-state index contributed by atoms with van der Waals surface area (Å²) in [6.45, 7) is 6.15. The third kappa shape index (κ3) is 52.1. The third-order valence-corrected chi connectivity index (χ3v) is 10.3. The van der Waals surface area contributed by atoms with Gasteiger partial charge in [-0.1, -0.05) is 212 Å². The topological polar surface area (TPSA) is 78.9 Å². The fourth-order valence-corrected chi connectivity index (χ4v) is 6.50. The molecule has 0 aliphatic rings. The molecule has 67 heavy (non-hydrogen) atoms. The lowest BCUT2D eigenvalue weighted by Gasteiger charge is -2.18. The summed E-state index contributed by atoms with van der Waals surface area (Å²) in [5.41, 5.74) is 0. The Morgan fingerprint density at radius 3 is 0.970 bits per heavy atom. The van der Waals surface area contributed by atoms with Gasteiger partial charge in [0.05, 0.1) is 0 Å². The average molecular weight is 923 g/mol. The molecule has 0 heterocycles. The van der Waals surface area contributed by atoms with Crippen LogP contribution in [0.1, 0.15) is 201 Å². The maximum atomic E-state index is 12.8. The number of allylic oxidation sites excluding steroid dienone is 24. The molecule has 6 heteroatoms. The van der Waals surface area contributed by atoms with E-state index in [0.717, 1.165) is 109 Å². The molecular formula is C61H94O6. The minimum Gasteiger partial charge on any atom is -0.462 e. The highest BCUT2D eigenvalue weighted by molar-refractivity contribution is 5.71. The van der Waals surface area contributed by atoms with E-state index in [2.05, 4.69) is 154 Å². The molecule has 0 aliphatic carbocycles. The number of unbranched alkanes of at least 4 members (excludes halogenated alkanes) is 10. The minimum absolute atomic E-state index is 0.136. The van der Waals surface area contributed by atoms with Crippen LogP contribution in [-0.4, -0.2) is 37.2 Å². The zero-order chi connectivity index (χ0) is 48.6. The third-order valence-electron chi connectivity index (χ3n) is 10.3. The molecule has 0 aromatic carbocycles. The van der Waals surface area contributed by atoms with Crippen molar-refractivity contribution in [3.63, 3.8) is 0 Å². The Hall–Kier alpha value is -4.71. The van der Waals surface area contributed by atoms with E-state index in [1.54, 1.807) is 0 Å². The summed E-state index contributed by atoms with van der Waals surface area (Å²) in [5, 5.41) is 0. The first-order valence-corrected chi connectivity index (χ1v) is 26.3. The van der Waals surface area contributed by atoms with Crippen molar-refractivity contribution in [3.8, 4) is 0 Å². The highest BCUT2D eigenvalue weighted by Gasteiger charge is 2.19. The molecule has 0 N–H and O–H groups in total. The lowest BCUT2D eigenvalue weighted by atomic mass is 10.1. The van der Waals surface area contributed by atoms with Gasteiger partial charge in [0.2, 0.25) is 0 Å². The van der Waals surface area contributed by atoms with E-state index < -0.39 is 6.10 Å². The van der Waals surface area contributed by atoms with E-state index in [1.165, 1.54) is 38.5 Å². The van der Waals surface area contributed by atoms with Crippen LogP contribution in [0.15, 0.2) is 146 Å². The number of hydrogen-bond donors (Lipinski definition) is 0. The van der Waals surface area contributed by atoms with Crippen molar-refractivity contribution < 1.29 is 28.6 Å². The maximum absolute atomic E-state index is 12.8. The molecule has 0 rings (SSSR count). The van der Waals surface area contributed by atoms with Gasteiger partial charge in [-0.3, -0.25) is 14.4 Å². The number of carbonyl (C=O) groups excluding carboxylic acids is 3. The first-order valence-electron chi connectivity index (χ1n) is 26.3. The fraction of sp³-hybridized carbons (Fsp3) is 0.557. The molecule has 0 bridgehead atoms. The zero-order valence-electron chi connectivity index (χ0n) is 42.6. The van der Waals surface area contributed by atoms with Crippen molar-refractivity contribution in [2.24, 2.45) is 0 Å². The van der Waals surface area contributed by atoms with Crippen LogP contribution in [0.3, 0.4) is 0 Å². The van der Waals surface area contributed by atoms with Crippen molar-refractivity contribution in [2.45, 2.75) is 207 Å². The Labute approximate surface area is 410 Å². The Morgan fingerprint density at radius 2 is 0.582 bits per heavy atom. The van der Waals surface area contributed by atoms with Crippen molar-refractivity contribution in [2.75, 3.05) is 13.2 Å². The molecule has 0 spiro atoms. The van der Waals surface area contributed by atoms with E-state index in [1.807, 2.05) is 12.2 Å². The van der Waals surface area contributed by atoms with Crippen LogP contribution in [0, 0.1) is 0 Å². The van der Waals surface area contributed by atoms with Crippen molar-refractivity contribution >= 4 is 17.9 Å². The highest BCUT2D eigenvalue weighted by Crippen LogP contribution is 2.13. The van der Waals surface area contributed by atoms with Gasteiger partial charge in [-0.25, -0.2) is 0 Å². The van der Waals surface area contributed by atoms with Crippen LogP contribution in [0.2, 0.25) is 0 Å². The van der Waals surface area contributed by atoms with Crippen LogP contribution in [-0.2, 0) is 28.6 Å². The van der Waals surface area contributed by atoms with Gasteiger partial charge < -0.3 is 14.2 Å². The number of esters is 3. The summed E-state index contributed by atoms with van der Waals surface area (Å²) in [6, 6.07) is 0. The maximum Gasteiger partial charge on any atom is 0.306 e. The zero-order valence-corrected chi connectivity index (χ0v) is 42.6. The molecule has 0 radical (unpaired) electrons. The summed E-state index contributed by atoms with van der Waals surface area (Å²) in [4.78, 5) is 38.0. The molecule has 0 aromatic heterocycles. The SMILES string of the molecule is CC/C=C\C/C=C\C/C=C\C/C=C\C/C=C\C/C=C\CCC(=O)OCC(COC(=O)CCC/C=C\C/C=C\C/C=C\CC)OC(=O)CCCCCCCCCCC/C=C\C/C=C\C/C=C\CC. The standard InChI is InChI=1S/C61H94O6/c1-4-7-10-13-16-19-22-24-26-28-30-32-34-36-39-42-45-48-51-54-60(63)66-57-58(56-65-59(62)53-50-47-44-41-38-21-18-15-12-9-6-3)67-61(64)55-52-49-46-43-40-37-35-33-31-29-27-25-23-20-17-14-11-8-5-2/h7-12,16-21,24-27,30,32,36,39,41,44-45,48,58H,4-6,13-15,22-23,28-29,31,33-35,37-38,40,42-43,46-47,49-57H2,1-3H3/b10-7-,11-8-,12-9-,19-16-,20-17-,21-18-,26-24-,27-25-,32-30-,39-36-,44-41-,48-45-. The summed E-state index contributed by atoms with van der Waals surface area (Å²) in [6.07, 6.45) is 77.1. The second-order valence-electron chi connectivity index (χ2n) is 16.6. The van der Waals surface area contributed by atoms with Gasteiger partial charge >= 0.3 is 17.9 Å². The van der Waals surface area contributed by atoms with E-state index in [0.29, 0.717) is 12.8 Å². The lowest BCUT2D eigenvalue weighted by Crippen LogP contribution is -2.30. The Kier molecular flexibility index (Phi) is 50.1. The summed E-state index contributed by atoms with van der Waals surface area (Å²) >= 11 is 0. The summed E-state index contributed by atoms with van der Waals surface area (Å²) < 4.78 is 16.7. The van der Waals surface area contributed by atoms with Crippen molar-refractivity contribution in [3.05, 3.63) is 146 Å². The number of rotatable bonds is 45. The molecule has 6 nitrogen and oxygen atoms in total. The largest absolute Gasteiger partial charge is 0.462 e.